The van der Waals surface area contributed by atoms with E-state index in [2.05, 4.69) is 17.4 Å². The van der Waals surface area contributed by atoms with Crippen LogP contribution in [-0.4, -0.2) is 17.7 Å². The second-order valence-corrected chi connectivity index (χ2v) is 6.34. The van der Waals surface area contributed by atoms with Gasteiger partial charge in [0.05, 0.1) is 5.69 Å². The normalized spacial score (nSPS) is 16.7. The molecule has 0 unspecified atom stereocenters. The van der Waals surface area contributed by atoms with Gasteiger partial charge in [-0.05, 0) is 50.2 Å². The monoisotopic (exact) mass is 314 g/mol. The van der Waals surface area contributed by atoms with E-state index in [4.69, 9.17) is 9.26 Å². The zero-order valence-corrected chi connectivity index (χ0v) is 13.8. The Morgan fingerprint density at radius 1 is 1.39 bits per heavy atom. The lowest BCUT2D eigenvalue weighted by Crippen LogP contribution is -2.22. The maximum atomic E-state index is 12.1. The van der Waals surface area contributed by atoms with Crippen LogP contribution < -0.4 is 10.1 Å². The Hall–Kier alpha value is -2.30. The minimum absolute atomic E-state index is 0.0449. The van der Waals surface area contributed by atoms with Crippen LogP contribution in [0.25, 0.3) is 0 Å². The van der Waals surface area contributed by atoms with E-state index in [9.17, 15) is 4.79 Å². The summed E-state index contributed by atoms with van der Waals surface area (Å²) in [6, 6.07) is 5.91. The van der Waals surface area contributed by atoms with Gasteiger partial charge in [-0.2, -0.15) is 0 Å². The highest BCUT2D eigenvalue weighted by atomic mass is 16.5. The van der Waals surface area contributed by atoms with Crippen LogP contribution in [-0.2, 0) is 17.6 Å². The number of anilines is 1. The van der Waals surface area contributed by atoms with E-state index >= 15 is 0 Å². The van der Waals surface area contributed by atoms with Crippen LogP contribution in [0.15, 0.2) is 22.7 Å². The highest BCUT2D eigenvalue weighted by Crippen LogP contribution is 2.30. The van der Waals surface area contributed by atoms with Crippen LogP contribution in [0.3, 0.4) is 0 Å². The Labute approximate surface area is 136 Å². The Balaban J connectivity index is 1.63. The molecule has 0 radical (unpaired) electrons. The first-order valence-electron chi connectivity index (χ1n) is 8.01. The van der Waals surface area contributed by atoms with E-state index < -0.39 is 0 Å². The fourth-order valence-electron chi connectivity index (χ4n) is 3.01. The summed E-state index contributed by atoms with van der Waals surface area (Å²) >= 11 is 0. The Kier molecular flexibility index (Phi) is 4.37. The van der Waals surface area contributed by atoms with Crippen molar-refractivity contribution in [3.63, 3.8) is 0 Å². The van der Waals surface area contributed by atoms with E-state index in [1.807, 2.05) is 32.0 Å². The summed E-state index contributed by atoms with van der Waals surface area (Å²) in [5, 5.41) is 6.85. The number of nitrogens with zero attached hydrogens (tertiary/aromatic N) is 1. The first-order chi connectivity index (χ1) is 11.0. The van der Waals surface area contributed by atoms with Gasteiger partial charge in [0.15, 0.2) is 6.61 Å². The van der Waals surface area contributed by atoms with Crippen molar-refractivity contribution < 1.29 is 14.1 Å². The lowest BCUT2D eigenvalue weighted by Gasteiger charge is -2.16. The third-order valence-corrected chi connectivity index (χ3v) is 4.31. The number of nitrogens with one attached hydrogen (secondary N) is 1. The number of carbonyl (C=O) groups excluding carboxylic acids is 1. The second kappa shape index (κ2) is 6.44. The molecule has 1 aromatic carbocycles. The lowest BCUT2D eigenvalue weighted by molar-refractivity contribution is -0.118. The molecule has 0 aliphatic heterocycles. The van der Waals surface area contributed by atoms with Gasteiger partial charge in [0.2, 0.25) is 5.88 Å². The van der Waals surface area contributed by atoms with Crippen LogP contribution in [0.2, 0.25) is 0 Å². The topological polar surface area (TPSA) is 64.4 Å². The van der Waals surface area contributed by atoms with Crippen molar-refractivity contribution in [2.75, 3.05) is 11.9 Å². The van der Waals surface area contributed by atoms with Crippen LogP contribution in [0, 0.1) is 19.8 Å². The van der Waals surface area contributed by atoms with Crippen molar-refractivity contribution in [3.8, 4) is 5.75 Å². The molecule has 122 valence electrons. The Morgan fingerprint density at radius 3 is 2.87 bits per heavy atom. The third-order valence-electron chi connectivity index (χ3n) is 4.31. The molecule has 0 spiro atoms. The fourth-order valence-corrected chi connectivity index (χ4v) is 3.01. The van der Waals surface area contributed by atoms with E-state index in [0.717, 1.165) is 47.4 Å². The summed E-state index contributed by atoms with van der Waals surface area (Å²) in [4.78, 5) is 12.1. The first kappa shape index (κ1) is 15.6. The Bertz CT molecular complexity index is 701. The average Bonchev–Trinajstić information content (AvgIpc) is 2.89. The van der Waals surface area contributed by atoms with Gasteiger partial charge < -0.3 is 9.26 Å². The van der Waals surface area contributed by atoms with Gasteiger partial charge in [-0.1, -0.05) is 30.3 Å². The number of fused-ring (bicyclic) bond motifs is 1. The molecular weight excluding hydrogens is 292 g/mol. The van der Waals surface area contributed by atoms with Gasteiger partial charge in [0, 0.05) is 5.56 Å². The number of hydrogen-bond donors (Lipinski definition) is 1. The van der Waals surface area contributed by atoms with Crippen LogP contribution >= 0.6 is 0 Å². The number of amides is 1. The maximum absolute atomic E-state index is 12.1. The number of aryl methyl sites for hydroxylation is 3. The summed E-state index contributed by atoms with van der Waals surface area (Å²) in [7, 11) is 0. The molecule has 1 N–H and O–H groups in total. The van der Waals surface area contributed by atoms with Gasteiger partial charge >= 0.3 is 0 Å². The molecule has 23 heavy (non-hydrogen) atoms. The quantitative estimate of drug-likeness (QED) is 0.939. The van der Waals surface area contributed by atoms with E-state index in [1.165, 1.54) is 0 Å². The van der Waals surface area contributed by atoms with Gasteiger partial charge in [-0.15, -0.1) is 0 Å². The van der Waals surface area contributed by atoms with Gasteiger partial charge in [-0.3, -0.25) is 10.1 Å². The zero-order chi connectivity index (χ0) is 16.4. The van der Waals surface area contributed by atoms with E-state index in [0.29, 0.717) is 11.8 Å². The lowest BCUT2D eigenvalue weighted by atomic mass is 9.89. The number of para-hydroxylation sites is 1. The molecular formula is C18H22N2O3. The highest BCUT2D eigenvalue weighted by Gasteiger charge is 2.24. The van der Waals surface area contributed by atoms with Gasteiger partial charge in [0.25, 0.3) is 5.91 Å². The molecule has 0 fully saturated rings. The number of ether oxygens (including phenoxy) is 1. The molecule has 0 saturated carbocycles. The predicted octanol–water partition coefficient (Wildman–Crippen LogP) is 3.43. The van der Waals surface area contributed by atoms with Crippen LogP contribution in [0.1, 0.15) is 35.7 Å². The molecule has 0 saturated heterocycles. The molecule has 1 atom stereocenters. The molecule has 0 bridgehead atoms. The fraction of sp³-hybridized carbons (Fsp3) is 0.444. The maximum Gasteiger partial charge on any atom is 0.264 e. The predicted molar refractivity (Wildman–Crippen MR) is 87.7 cm³/mol. The van der Waals surface area contributed by atoms with Crippen LogP contribution in [0.4, 0.5) is 5.88 Å². The standard InChI is InChI=1S/C18H22N2O3/c1-11-7-8-15-14(9-11)18(23-20-15)19-16(21)10-22-17-12(2)5-4-6-13(17)3/h4-6,11H,7-10H2,1-3H3,(H,19,21)/t11-/m0/s1. The molecule has 1 aliphatic carbocycles. The largest absolute Gasteiger partial charge is 0.483 e. The minimum Gasteiger partial charge on any atom is -0.483 e. The average molecular weight is 314 g/mol. The number of rotatable bonds is 4. The smallest absolute Gasteiger partial charge is 0.264 e. The van der Waals surface area contributed by atoms with Gasteiger partial charge in [0.1, 0.15) is 5.75 Å². The zero-order valence-electron chi connectivity index (χ0n) is 13.8. The Morgan fingerprint density at radius 2 is 2.13 bits per heavy atom. The summed E-state index contributed by atoms with van der Waals surface area (Å²) in [6.45, 7) is 6.09. The number of benzene rings is 1. The SMILES string of the molecule is Cc1cccc(C)c1OCC(=O)Nc1onc2c1C[C@@H](C)CC2. The van der Waals surface area contributed by atoms with Crippen molar-refractivity contribution >= 4 is 11.8 Å². The molecule has 1 aromatic heterocycles. The van der Waals surface area contributed by atoms with Crippen LogP contribution in [0.5, 0.6) is 5.75 Å². The number of hydrogen-bond acceptors (Lipinski definition) is 4. The van der Waals surface area contributed by atoms with Crippen molar-refractivity contribution in [2.45, 2.75) is 40.0 Å². The van der Waals surface area contributed by atoms with Crippen molar-refractivity contribution in [1.29, 1.82) is 0 Å². The molecule has 1 heterocycles. The van der Waals surface area contributed by atoms with Crippen molar-refractivity contribution in [3.05, 3.63) is 40.6 Å². The first-order valence-corrected chi connectivity index (χ1v) is 8.01. The van der Waals surface area contributed by atoms with Gasteiger partial charge in [-0.25, -0.2) is 0 Å². The third kappa shape index (κ3) is 3.38. The summed E-state index contributed by atoms with van der Waals surface area (Å²) in [6.07, 6.45) is 2.92. The van der Waals surface area contributed by atoms with Crippen molar-refractivity contribution in [1.82, 2.24) is 5.16 Å². The summed E-state index contributed by atoms with van der Waals surface area (Å²) in [5.41, 5.74) is 4.03. The number of carbonyl (C=O) groups is 1. The highest BCUT2D eigenvalue weighted by molar-refractivity contribution is 5.91. The van der Waals surface area contributed by atoms with E-state index in [-0.39, 0.29) is 12.5 Å². The van der Waals surface area contributed by atoms with E-state index in [1.54, 1.807) is 0 Å². The minimum atomic E-state index is -0.232. The summed E-state index contributed by atoms with van der Waals surface area (Å²) < 4.78 is 11.0. The molecule has 5 nitrogen and oxygen atoms in total. The molecule has 5 heteroatoms. The number of aromatic nitrogens is 1. The van der Waals surface area contributed by atoms with Crippen molar-refractivity contribution in [2.24, 2.45) is 5.92 Å². The summed E-state index contributed by atoms with van der Waals surface area (Å²) in [5.74, 6) is 1.59. The molecule has 1 aliphatic rings. The molecule has 1 amide bonds. The molecule has 2 aromatic rings. The second-order valence-electron chi connectivity index (χ2n) is 6.34. The molecule has 3 rings (SSSR count).